The Balaban J connectivity index is 1.71. The Bertz CT molecular complexity index is 426. The van der Waals surface area contributed by atoms with E-state index in [1.807, 2.05) is 0 Å². The van der Waals surface area contributed by atoms with Crippen molar-refractivity contribution in [2.45, 2.75) is 91.9 Å². The molecule has 21 heavy (non-hydrogen) atoms. The predicted molar refractivity (Wildman–Crippen MR) is 90.1 cm³/mol. The van der Waals surface area contributed by atoms with Gasteiger partial charge in [0.05, 0.1) is 0 Å². The van der Waals surface area contributed by atoms with Crippen molar-refractivity contribution in [3.63, 3.8) is 0 Å². The Kier molecular flexibility index (Phi) is 3.13. The molecule has 0 aromatic heterocycles. The molecule has 0 saturated heterocycles. The zero-order valence-electron chi connectivity index (χ0n) is 14.9. The molecule has 7 atom stereocenters. The Morgan fingerprint density at radius 2 is 1.48 bits per heavy atom. The van der Waals surface area contributed by atoms with E-state index in [-0.39, 0.29) is 0 Å². The molecular weight excluding hydrogens is 252 g/mol. The molecule has 0 heterocycles. The van der Waals surface area contributed by atoms with Gasteiger partial charge in [0.1, 0.15) is 0 Å². The van der Waals surface area contributed by atoms with Crippen LogP contribution >= 0.6 is 0 Å². The summed E-state index contributed by atoms with van der Waals surface area (Å²) in [6.45, 7) is 10.6. The summed E-state index contributed by atoms with van der Waals surface area (Å²) >= 11 is 0. The first-order valence-electron chi connectivity index (χ1n) is 9.91. The SMILES string of the molecule is CC1CCCC2(C)CC[C@H]3[C@@H]4CCC[C@@]4(C)CC[C@@H]3[C@@]12C. The Hall–Kier alpha value is 0. The molecule has 4 fully saturated rings. The van der Waals surface area contributed by atoms with Crippen LogP contribution in [-0.4, -0.2) is 0 Å². The van der Waals surface area contributed by atoms with Crippen molar-refractivity contribution in [1.82, 2.24) is 0 Å². The summed E-state index contributed by atoms with van der Waals surface area (Å²) in [5, 5.41) is 0. The summed E-state index contributed by atoms with van der Waals surface area (Å²) in [6.07, 6.45) is 15.3. The molecule has 2 unspecified atom stereocenters. The average Bonchev–Trinajstić information content (AvgIpc) is 2.83. The number of hydrogen-bond donors (Lipinski definition) is 0. The van der Waals surface area contributed by atoms with Gasteiger partial charge in [-0.15, -0.1) is 0 Å². The van der Waals surface area contributed by atoms with Gasteiger partial charge < -0.3 is 0 Å². The number of hydrogen-bond acceptors (Lipinski definition) is 0. The van der Waals surface area contributed by atoms with Crippen LogP contribution in [0.15, 0.2) is 0 Å². The molecule has 0 radical (unpaired) electrons. The molecule has 0 bridgehead atoms. The molecule has 0 N–H and O–H groups in total. The van der Waals surface area contributed by atoms with Gasteiger partial charge in [0.25, 0.3) is 0 Å². The van der Waals surface area contributed by atoms with E-state index in [4.69, 9.17) is 0 Å². The molecule has 4 rings (SSSR count). The highest BCUT2D eigenvalue weighted by Gasteiger charge is 2.62. The van der Waals surface area contributed by atoms with E-state index in [0.29, 0.717) is 10.8 Å². The van der Waals surface area contributed by atoms with Crippen LogP contribution < -0.4 is 0 Å². The minimum absolute atomic E-state index is 0.637. The van der Waals surface area contributed by atoms with E-state index in [0.717, 1.165) is 29.1 Å². The average molecular weight is 289 g/mol. The van der Waals surface area contributed by atoms with Crippen LogP contribution in [0.5, 0.6) is 0 Å². The third kappa shape index (κ3) is 1.74. The molecule has 4 aliphatic rings. The van der Waals surface area contributed by atoms with Crippen LogP contribution in [-0.2, 0) is 0 Å². The highest BCUT2D eigenvalue weighted by atomic mass is 14.7. The van der Waals surface area contributed by atoms with E-state index in [9.17, 15) is 0 Å². The third-order valence-corrected chi connectivity index (χ3v) is 9.71. The Labute approximate surface area is 132 Å². The van der Waals surface area contributed by atoms with E-state index in [1.54, 1.807) is 19.3 Å². The smallest absolute Gasteiger partial charge is 0.0215 e. The van der Waals surface area contributed by atoms with Crippen LogP contribution in [0.2, 0.25) is 0 Å². The number of fused-ring (bicyclic) bond motifs is 5. The van der Waals surface area contributed by atoms with E-state index in [1.165, 1.54) is 44.9 Å². The van der Waals surface area contributed by atoms with Crippen molar-refractivity contribution in [2.75, 3.05) is 0 Å². The standard InChI is InChI=1S/C21H36/c1-15-7-5-12-20(3)14-9-16-17-8-6-11-19(17,2)13-10-18(16)21(15,20)4/h15-18H,5-14H2,1-4H3/t15?,16-,17-,18-,19-,20?,21+/m0/s1. The maximum atomic E-state index is 2.73. The van der Waals surface area contributed by atoms with Crippen molar-refractivity contribution < 1.29 is 0 Å². The van der Waals surface area contributed by atoms with Crippen molar-refractivity contribution >= 4 is 0 Å². The predicted octanol–water partition coefficient (Wildman–Crippen LogP) is 6.45. The van der Waals surface area contributed by atoms with E-state index < -0.39 is 0 Å². The van der Waals surface area contributed by atoms with Gasteiger partial charge in [0, 0.05) is 0 Å². The van der Waals surface area contributed by atoms with Crippen LogP contribution in [0.3, 0.4) is 0 Å². The first-order valence-corrected chi connectivity index (χ1v) is 9.91. The number of rotatable bonds is 0. The van der Waals surface area contributed by atoms with Crippen molar-refractivity contribution in [1.29, 1.82) is 0 Å². The van der Waals surface area contributed by atoms with Gasteiger partial charge in [-0.3, -0.25) is 0 Å². The lowest BCUT2D eigenvalue weighted by molar-refractivity contribution is -0.172. The largest absolute Gasteiger partial charge is 0.0620 e. The minimum Gasteiger partial charge on any atom is -0.0620 e. The molecule has 0 spiro atoms. The maximum absolute atomic E-state index is 2.73. The molecule has 0 heteroatoms. The normalized spacial score (nSPS) is 60.0. The van der Waals surface area contributed by atoms with Crippen molar-refractivity contribution in [3.05, 3.63) is 0 Å². The quantitative estimate of drug-likeness (QED) is 0.481. The zero-order chi connectivity index (χ0) is 14.9. The van der Waals surface area contributed by atoms with Crippen molar-refractivity contribution in [3.8, 4) is 0 Å². The topological polar surface area (TPSA) is 0 Å². The van der Waals surface area contributed by atoms with Crippen LogP contribution in [0.1, 0.15) is 91.9 Å². The molecule has 0 amide bonds. The third-order valence-electron chi connectivity index (χ3n) is 9.71. The summed E-state index contributed by atoms with van der Waals surface area (Å²) in [6, 6.07) is 0. The summed E-state index contributed by atoms with van der Waals surface area (Å²) in [4.78, 5) is 0. The van der Waals surface area contributed by atoms with Crippen LogP contribution in [0.4, 0.5) is 0 Å². The fourth-order valence-electron chi connectivity index (χ4n) is 8.08. The second-order valence-electron chi connectivity index (χ2n) is 10.1. The summed E-state index contributed by atoms with van der Waals surface area (Å²) in [5.41, 5.74) is 2.01. The summed E-state index contributed by atoms with van der Waals surface area (Å²) < 4.78 is 0. The van der Waals surface area contributed by atoms with E-state index >= 15 is 0 Å². The van der Waals surface area contributed by atoms with Gasteiger partial charge in [-0.2, -0.15) is 0 Å². The molecule has 0 nitrogen and oxygen atoms in total. The molecule has 0 aromatic carbocycles. The first kappa shape index (κ1) is 14.6. The minimum atomic E-state index is 0.637. The van der Waals surface area contributed by atoms with Crippen LogP contribution in [0.25, 0.3) is 0 Å². The second-order valence-corrected chi connectivity index (χ2v) is 10.1. The first-order chi connectivity index (χ1) is 9.91. The Morgan fingerprint density at radius 3 is 2.29 bits per heavy atom. The van der Waals surface area contributed by atoms with Gasteiger partial charge in [-0.25, -0.2) is 0 Å². The van der Waals surface area contributed by atoms with Gasteiger partial charge in [-0.05, 0) is 84.9 Å². The van der Waals surface area contributed by atoms with Crippen LogP contribution in [0, 0.1) is 39.9 Å². The molecule has 4 aliphatic carbocycles. The van der Waals surface area contributed by atoms with Gasteiger partial charge in [0.15, 0.2) is 0 Å². The highest BCUT2D eigenvalue weighted by molar-refractivity contribution is 5.11. The van der Waals surface area contributed by atoms with Crippen molar-refractivity contribution in [2.24, 2.45) is 39.9 Å². The highest BCUT2D eigenvalue weighted by Crippen LogP contribution is 2.70. The van der Waals surface area contributed by atoms with Gasteiger partial charge in [-0.1, -0.05) is 47.0 Å². The molecule has 4 saturated carbocycles. The molecule has 0 aliphatic heterocycles. The summed E-state index contributed by atoms with van der Waals surface area (Å²) in [5.74, 6) is 4.15. The van der Waals surface area contributed by atoms with Gasteiger partial charge in [0.2, 0.25) is 0 Å². The summed E-state index contributed by atoms with van der Waals surface area (Å²) in [7, 11) is 0. The molecule has 120 valence electrons. The fraction of sp³-hybridized carbons (Fsp3) is 1.00. The fourth-order valence-corrected chi connectivity index (χ4v) is 8.08. The second kappa shape index (κ2) is 4.51. The molecular formula is C21H36. The van der Waals surface area contributed by atoms with Gasteiger partial charge >= 0.3 is 0 Å². The monoisotopic (exact) mass is 288 g/mol. The lowest BCUT2D eigenvalue weighted by Crippen LogP contribution is -2.58. The van der Waals surface area contributed by atoms with E-state index in [2.05, 4.69) is 27.7 Å². The Morgan fingerprint density at radius 1 is 0.714 bits per heavy atom. The lowest BCUT2D eigenvalue weighted by atomic mass is 9.39. The zero-order valence-corrected chi connectivity index (χ0v) is 14.9. The molecule has 0 aromatic rings. The lowest BCUT2D eigenvalue weighted by Gasteiger charge is -2.66. The maximum Gasteiger partial charge on any atom is -0.0215 e.